The van der Waals surface area contributed by atoms with E-state index >= 15 is 0 Å². The largest absolute Gasteiger partial charge is 0.224 e. The molecule has 0 bridgehead atoms. The quantitative estimate of drug-likeness (QED) is 0.726. The molecular formula is C15H14N4O4S2. The summed E-state index contributed by atoms with van der Waals surface area (Å²) < 4.78 is 47.5. The summed E-state index contributed by atoms with van der Waals surface area (Å²) in [5.74, 6) is 0.142. The van der Waals surface area contributed by atoms with Gasteiger partial charge in [0.15, 0.2) is 19.7 Å². The summed E-state index contributed by atoms with van der Waals surface area (Å²) in [4.78, 5) is 0.246. The van der Waals surface area contributed by atoms with E-state index in [1.54, 1.807) is 24.3 Å². The van der Waals surface area contributed by atoms with Crippen molar-refractivity contribution < 1.29 is 16.8 Å². The third-order valence-electron chi connectivity index (χ3n) is 3.59. The summed E-state index contributed by atoms with van der Waals surface area (Å²) in [5.41, 5.74) is 1.51. The van der Waals surface area contributed by atoms with E-state index in [9.17, 15) is 16.8 Å². The molecule has 1 aromatic heterocycles. The van der Waals surface area contributed by atoms with Crippen LogP contribution in [0.15, 0.2) is 52.3 Å². The molecule has 2 aromatic carbocycles. The van der Waals surface area contributed by atoms with E-state index < -0.39 is 19.7 Å². The molecule has 0 aliphatic carbocycles. The number of nitrogens with one attached hydrogen (secondary N) is 1. The minimum absolute atomic E-state index is 0.0681. The molecule has 0 amide bonds. The van der Waals surface area contributed by atoms with Gasteiger partial charge in [-0.25, -0.2) is 16.8 Å². The lowest BCUT2D eigenvalue weighted by Gasteiger charge is -2.11. The number of sulfone groups is 2. The molecule has 0 saturated carbocycles. The van der Waals surface area contributed by atoms with Crippen LogP contribution in [0, 0.1) is 0 Å². The lowest BCUT2D eigenvalue weighted by molar-refractivity contribution is 0.600. The van der Waals surface area contributed by atoms with Gasteiger partial charge in [-0.15, -0.1) is 10.2 Å². The van der Waals surface area contributed by atoms with Gasteiger partial charge in [-0.3, -0.25) is 0 Å². The van der Waals surface area contributed by atoms with Crippen LogP contribution < -0.4 is 0 Å². The number of nitrogens with zero attached hydrogens (tertiary/aromatic N) is 3. The molecule has 0 atom stereocenters. The Hall–Kier alpha value is -2.59. The molecule has 0 saturated heterocycles. The third-order valence-corrected chi connectivity index (χ3v) is 5.86. The summed E-state index contributed by atoms with van der Waals surface area (Å²) in [6.07, 6.45) is 2.22. The monoisotopic (exact) mass is 378 g/mol. The average molecular weight is 378 g/mol. The van der Waals surface area contributed by atoms with E-state index in [4.69, 9.17) is 0 Å². The molecule has 10 heteroatoms. The highest BCUT2D eigenvalue weighted by Crippen LogP contribution is 2.35. The average Bonchev–Trinajstić information content (AvgIpc) is 3.07. The maximum atomic E-state index is 12.2. The molecule has 3 rings (SSSR count). The Bertz CT molecular complexity index is 1120. The minimum Gasteiger partial charge on any atom is -0.224 e. The van der Waals surface area contributed by atoms with Crippen molar-refractivity contribution in [1.29, 1.82) is 0 Å². The topological polar surface area (TPSA) is 123 Å². The summed E-state index contributed by atoms with van der Waals surface area (Å²) in [5, 5.41) is 13.6. The molecule has 25 heavy (non-hydrogen) atoms. The number of tetrazole rings is 1. The zero-order valence-electron chi connectivity index (χ0n) is 13.3. The van der Waals surface area contributed by atoms with E-state index in [1.807, 2.05) is 0 Å². The van der Waals surface area contributed by atoms with Gasteiger partial charge in [0, 0.05) is 18.1 Å². The molecule has 0 unspecified atom stereocenters. The maximum Gasteiger partial charge on any atom is 0.206 e. The highest BCUT2D eigenvalue weighted by atomic mass is 32.2. The first-order valence-corrected chi connectivity index (χ1v) is 10.8. The van der Waals surface area contributed by atoms with Crippen LogP contribution >= 0.6 is 0 Å². The molecule has 130 valence electrons. The van der Waals surface area contributed by atoms with Crippen molar-refractivity contribution in [3.8, 4) is 22.5 Å². The van der Waals surface area contributed by atoms with Crippen molar-refractivity contribution in [2.75, 3.05) is 12.5 Å². The van der Waals surface area contributed by atoms with Crippen LogP contribution in [0.3, 0.4) is 0 Å². The molecule has 1 heterocycles. The smallest absolute Gasteiger partial charge is 0.206 e. The van der Waals surface area contributed by atoms with Gasteiger partial charge in [0.05, 0.1) is 9.79 Å². The van der Waals surface area contributed by atoms with Crippen LogP contribution in [-0.2, 0) is 19.7 Å². The van der Waals surface area contributed by atoms with Gasteiger partial charge in [-0.2, -0.15) is 5.21 Å². The van der Waals surface area contributed by atoms with Gasteiger partial charge in [0.1, 0.15) is 0 Å². The summed E-state index contributed by atoms with van der Waals surface area (Å²) >= 11 is 0. The Morgan fingerprint density at radius 1 is 0.880 bits per heavy atom. The first-order chi connectivity index (χ1) is 11.7. The maximum absolute atomic E-state index is 12.2. The van der Waals surface area contributed by atoms with E-state index in [0.717, 1.165) is 12.5 Å². The van der Waals surface area contributed by atoms with Crippen molar-refractivity contribution in [2.45, 2.75) is 9.79 Å². The first kappa shape index (κ1) is 17.2. The van der Waals surface area contributed by atoms with Crippen molar-refractivity contribution in [2.24, 2.45) is 0 Å². The van der Waals surface area contributed by atoms with Gasteiger partial charge in [-0.05, 0) is 34.5 Å². The van der Waals surface area contributed by atoms with E-state index in [0.29, 0.717) is 16.7 Å². The fraction of sp³-hybridized carbons (Fsp3) is 0.133. The standard InChI is InChI=1S/C15H14N4O4S2/c1-24(20,21)11-8-6-10(7-9-11)12-4-3-5-13(25(2,22)23)14(12)15-16-18-19-17-15/h3-9H,1-2H3,(H,16,17,18,19). The van der Waals surface area contributed by atoms with Gasteiger partial charge in [-0.1, -0.05) is 24.3 Å². The Morgan fingerprint density at radius 3 is 2.08 bits per heavy atom. The van der Waals surface area contributed by atoms with Gasteiger partial charge in [0.25, 0.3) is 0 Å². The first-order valence-electron chi connectivity index (χ1n) is 7.05. The highest BCUT2D eigenvalue weighted by molar-refractivity contribution is 7.91. The number of aromatic nitrogens is 4. The lowest BCUT2D eigenvalue weighted by Crippen LogP contribution is -2.02. The van der Waals surface area contributed by atoms with Crippen LogP contribution in [0.25, 0.3) is 22.5 Å². The van der Waals surface area contributed by atoms with Gasteiger partial charge >= 0.3 is 0 Å². The summed E-state index contributed by atoms with van der Waals surface area (Å²) in [7, 11) is -6.86. The molecule has 8 nitrogen and oxygen atoms in total. The number of hydrogen-bond acceptors (Lipinski definition) is 7. The molecular weight excluding hydrogens is 364 g/mol. The number of benzene rings is 2. The van der Waals surface area contributed by atoms with Gasteiger partial charge in [0.2, 0.25) is 5.82 Å². The van der Waals surface area contributed by atoms with E-state index in [2.05, 4.69) is 20.6 Å². The number of hydrogen-bond donors (Lipinski definition) is 1. The normalized spacial score (nSPS) is 12.2. The SMILES string of the molecule is CS(=O)(=O)c1ccc(-c2cccc(S(C)(=O)=O)c2-c2nn[nH]n2)cc1. The van der Waals surface area contributed by atoms with E-state index in [1.165, 1.54) is 18.2 Å². The fourth-order valence-corrected chi connectivity index (χ4v) is 3.99. The number of H-pyrrole nitrogens is 1. The second-order valence-corrected chi connectivity index (χ2v) is 9.48. The van der Waals surface area contributed by atoms with Crippen LogP contribution in [-0.4, -0.2) is 50.0 Å². The molecule has 0 aliphatic heterocycles. The second kappa shape index (κ2) is 6.05. The third kappa shape index (κ3) is 3.44. The van der Waals surface area contributed by atoms with Crippen molar-refractivity contribution in [3.05, 3.63) is 42.5 Å². The Labute approximate surface area is 144 Å². The zero-order chi connectivity index (χ0) is 18.2. The van der Waals surface area contributed by atoms with Gasteiger partial charge < -0.3 is 0 Å². The van der Waals surface area contributed by atoms with Crippen LogP contribution in [0.4, 0.5) is 0 Å². The molecule has 3 aromatic rings. The second-order valence-electron chi connectivity index (χ2n) is 5.48. The zero-order valence-corrected chi connectivity index (χ0v) is 15.0. The summed E-state index contributed by atoms with van der Waals surface area (Å²) in [6.45, 7) is 0. The lowest BCUT2D eigenvalue weighted by atomic mass is 9.99. The van der Waals surface area contributed by atoms with Crippen LogP contribution in [0.5, 0.6) is 0 Å². The molecule has 1 N–H and O–H groups in total. The Balaban J connectivity index is 2.27. The Kier molecular flexibility index (Phi) is 4.17. The summed E-state index contributed by atoms with van der Waals surface area (Å²) in [6, 6.07) is 11.0. The van der Waals surface area contributed by atoms with E-state index in [-0.39, 0.29) is 15.6 Å². The highest BCUT2D eigenvalue weighted by Gasteiger charge is 2.22. The number of rotatable bonds is 4. The molecule has 0 spiro atoms. The molecule has 0 aliphatic rings. The van der Waals surface area contributed by atoms with Crippen molar-refractivity contribution in [3.63, 3.8) is 0 Å². The van der Waals surface area contributed by atoms with Crippen LogP contribution in [0.1, 0.15) is 0 Å². The molecule has 0 fully saturated rings. The predicted octanol–water partition coefficient (Wildman–Crippen LogP) is 1.34. The Morgan fingerprint density at radius 2 is 1.56 bits per heavy atom. The molecule has 0 radical (unpaired) electrons. The number of aromatic amines is 1. The van der Waals surface area contributed by atoms with Crippen LogP contribution in [0.2, 0.25) is 0 Å². The minimum atomic E-state index is -3.54. The van der Waals surface area contributed by atoms with Crippen molar-refractivity contribution in [1.82, 2.24) is 20.6 Å². The van der Waals surface area contributed by atoms with Crippen molar-refractivity contribution >= 4 is 19.7 Å². The fourth-order valence-electron chi connectivity index (χ4n) is 2.46. The predicted molar refractivity (Wildman–Crippen MR) is 91.3 cm³/mol.